The van der Waals surface area contributed by atoms with Gasteiger partial charge in [-0.15, -0.1) is 0 Å². The SMILES string of the molecule is CC(C)=C1N(C)CCN1C(C)C. The van der Waals surface area contributed by atoms with Gasteiger partial charge in [0.15, 0.2) is 0 Å². The molecule has 12 heavy (non-hydrogen) atoms. The van der Waals surface area contributed by atoms with E-state index in [1.807, 2.05) is 0 Å². The summed E-state index contributed by atoms with van der Waals surface area (Å²) in [6, 6.07) is 0.625. The third-order valence-electron chi connectivity index (χ3n) is 2.38. The predicted molar refractivity (Wildman–Crippen MR) is 52.8 cm³/mol. The van der Waals surface area contributed by atoms with E-state index in [0.29, 0.717) is 6.04 Å². The molecule has 70 valence electrons. The summed E-state index contributed by atoms with van der Waals surface area (Å²) in [6.45, 7) is 11.2. The van der Waals surface area contributed by atoms with Crippen molar-refractivity contribution < 1.29 is 0 Å². The lowest BCUT2D eigenvalue weighted by Crippen LogP contribution is -2.28. The molecule has 0 atom stereocenters. The highest BCUT2D eigenvalue weighted by Gasteiger charge is 2.24. The van der Waals surface area contributed by atoms with Gasteiger partial charge in [-0.25, -0.2) is 0 Å². The molecule has 0 spiro atoms. The van der Waals surface area contributed by atoms with Gasteiger partial charge in [-0.1, -0.05) is 0 Å². The zero-order valence-electron chi connectivity index (χ0n) is 8.89. The predicted octanol–water partition coefficient (Wildman–Crippen LogP) is 1.89. The van der Waals surface area contributed by atoms with Crippen LogP contribution in [0.5, 0.6) is 0 Å². The smallest absolute Gasteiger partial charge is 0.103 e. The Morgan fingerprint density at radius 1 is 1.25 bits per heavy atom. The number of rotatable bonds is 1. The first-order valence-electron chi connectivity index (χ1n) is 4.69. The molecular weight excluding hydrogens is 148 g/mol. The van der Waals surface area contributed by atoms with Crippen LogP contribution in [-0.2, 0) is 0 Å². The van der Waals surface area contributed by atoms with E-state index in [4.69, 9.17) is 0 Å². The number of hydrogen-bond acceptors (Lipinski definition) is 2. The van der Waals surface area contributed by atoms with E-state index >= 15 is 0 Å². The summed E-state index contributed by atoms with van der Waals surface area (Å²) in [6.07, 6.45) is 0. The van der Waals surface area contributed by atoms with Crippen LogP contribution in [0, 0.1) is 0 Å². The molecule has 0 amide bonds. The fourth-order valence-electron chi connectivity index (χ4n) is 1.86. The van der Waals surface area contributed by atoms with Crippen LogP contribution in [0.1, 0.15) is 27.7 Å². The minimum Gasteiger partial charge on any atom is -0.360 e. The molecule has 0 aliphatic carbocycles. The van der Waals surface area contributed by atoms with Crippen molar-refractivity contribution in [1.29, 1.82) is 0 Å². The largest absolute Gasteiger partial charge is 0.360 e. The first-order chi connectivity index (χ1) is 5.54. The van der Waals surface area contributed by atoms with Crippen LogP contribution in [0.25, 0.3) is 0 Å². The Kier molecular flexibility index (Phi) is 2.65. The van der Waals surface area contributed by atoms with E-state index < -0.39 is 0 Å². The average molecular weight is 168 g/mol. The average Bonchev–Trinajstić information content (AvgIpc) is 2.30. The lowest BCUT2D eigenvalue weighted by Gasteiger charge is -2.27. The van der Waals surface area contributed by atoms with Crippen LogP contribution in [-0.4, -0.2) is 36.0 Å². The molecule has 0 N–H and O–H groups in total. The molecule has 0 aromatic carbocycles. The van der Waals surface area contributed by atoms with Crippen LogP contribution < -0.4 is 0 Å². The third kappa shape index (κ3) is 1.57. The second-order valence-corrected chi connectivity index (χ2v) is 4.03. The van der Waals surface area contributed by atoms with Crippen LogP contribution in [0.2, 0.25) is 0 Å². The molecule has 0 bridgehead atoms. The fraction of sp³-hybridized carbons (Fsp3) is 0.800. The van der Waals surface area contributed by atoms with Crippen molar-refractivity contribution in [2.45, 2.75) is 33.7 Å². The fourth-order valence-corrected chi connectivity index (χ4v) is 1.86. The normalized spacial score (nSPS) is 18.0. The van der Waals surface area contributed by atoms with Gasteiger partial charge in [0.2, 0.25) is 0 Å². The molecule has 0 aromatic rings. The monoisotopic (exact) mass is 168 g/mol. The quantitative estimate of drug-likeness (QED) is 0.590. The molecule has 0 radical (unpaired) electrons. The molecule has 1 fully saturated rings. The summed E-state index contributed by atoms with van der Waals surface area (Å²) in [7, 11) is 2.17. The maximum Gasteiger partial charge on any atom is 0.103 e. The highest BCUT2D eigenvalue weighted by atomic mass is 15.4. The van der Waals surface area contributed by atoms with Crippen LogP contribution in [0.15, 0.2) is 11.4 Å². The lowest BCUT2D eigenvalue weighted by atomic mass is 10.3. The first-order valence-corrected chi connectivity index (χ1v) is 4.69. The molecule has 0 aromatic heterocycles. The molecule has 1 aliphatic rings. The lowest BCUT2D eigenvalue weighted by molar-refractivity contribution is 0.302. The minimum absolute atomic E-state index is 0.625. The highest BCUT2D eigenvalue weighted by molar-refractivity contribution is 5.12. The second-order valence-electron chi connectivity index (χ2n) is 4.03. The van der Waals surface area contributed by atoms with Gasteiger partial charge in [-0.2, -0.15) is 0 Å². The van der Waals surface area contributed by atoms with Crippen molar-refractivity contribution >= 4 is 0 Å². The van der Waals surface area contributed by atoms with Gasteiger partial charge in [-0.3, -0.25) is 0 Å². The summed E-state index contributed by atoms with van der Waals surface area (Å²) in [5, 5.41) is 0. The number of nitrogens with zero attached hydrogens (tertiary/aromatic N) is 2. The Morgan fingerprint density at radius 2 is 1.83 bits per heavy atom. The minimum atomic E-state index is 0.625. The van der Waals surface area contributed by atoms with Crippen molar-refractivity contribution in [3.63, 3.8) is 0 Å². The van der Waals surface area contributed by atoms with Gasteiger partial charge in [0.05, 0.1) is 0 Å². The molecule has 2 heteroatoms. The zero-order valence-corrected chi connectivity index (χ0v) is 8.89. The Labute approximate surface area is 75.8 Å². The zero-order chi connectivity index (χ0) is 9.30. The van der Waals surface area contributed by atoms with E-state index in [-0.39, 0.29) is 0 Å². The maximum atomic E-state index is 2.47. The number of allylic oxidation sites excluding steroid dienone is 1. The van der Waals surface area contributed by atoms with Crippen molar-refractivity contribution in [2.24, 2.45) is 0 Å². The standard InChI is InChI=1S/C10H20N2/c1-8(2)10-11(5)6-7-12(10)9(3)4/h9H,6-7H2,1-5H3. The van der Waals surface area contributed by atoms with Crippen molar-refractivity contribution in [1.82, 2.24) is 9.80 Å². The molecule has 1 rings (SSSR count). The molecule has 1 aliphatic heterocycles. The van der Waals surface area contributed by atoms with Crippen LogP contribution >= 0.6 is 0 Å². The van der Waals surface area contributed by atoms with Crippen molar-refractivity contribution in [3.8, 4) is 0 Å². The highest BCUT2D eigenvalue weighted by Crippen LogP contribution is 2.22. The maximum absolute atomic E-state index is 2.47. The Balaban J connectivity index is 2.86. The van der Waals surface area contributed by atoms with Gasteiger partial charge >= 0.3 is 0 Å². The van der Waals surface area contributed by atoms with E-state index in [1.54, 1.807) is 0 Å². The van der Waals surface area contributed by atoms with Gasteiger partial charge in [0, 0.05) is 26.2 Å². The molecule has 1 heterocycles. The number of hydrogen-bond donors (Lipinski definition) is 0. The summed E-state index contributed by atoms with van der Waals surface area (Å²) in [5.74, 6) is 1.42. The molecule has 0 saturated carbocycles. The summed E-state index contributed by atoms with van der Waals surface area (Å²) in [5.41, 5.74) is 1.42. The molecule has 2 nitrogen and oxygen atoms in total. The summed E-state index contributed by atoms with van der Waals surface area (Å²) in [4.78, 5) is 4.81. The van der Waals surface area contributed by atoms with E-state index in [9.17, 15) is 0 Å². The van der Waals surface area contributed by atoms with Crippen molar-refractivity contribution in [3.05, 3.63) is 11.4 Å². The van der Waals surface area contributed by atoms with Gasteiger partial charge < -0.3 is 9.80 Å². The Bertz CT molecular complexity index is 190. The Morgan fingerprint density at radius 3 is 2.17 bits per heavy atom. The molecular formula is C10H20N2. The number of likely N-dealkylation sites (N-methyl/N-ethyl adjacent to an activating group) is 1. The summed E-state index contributed by atoms with van der Waals surface area (Å²) < 4.78 is 0. The summed E-state index contributed by atoms with van der Waals surface area (Å²) >= 11 is 0. The second kappa shape index (κ2) is 3.38. The molecule has 1 saturated heterocycles. The Hall–Kier alpha value is -0.660. The van der Waals surface area contributed by atoms with E-state index in [0.717, 1.165) is 0 Å². The van der Waals surface area contributed by atoms with Gasteiger partial charge in [0.25, 0.3) is 0 Å². The topological polar surface area (TPSA) is 6.48 Å². The third-order valence-corrected chi connectivity index (χ3v) is 2.38. The van der Waals surface area contributed by atoms with Gasteiger partial charge in [0.1, 0.15) is 5.82 Å². The van der Waals surface area contributed by atoms with Crippen LogP contribution in [0.4, 0.5) is 0 Å². The van der Waals surface area contributed by atoms with Crippen LogP contribution in [0.3, 0.4) is 0 Å². The van der Waals surface area contributed by atoms with E-state index in [2.05, 4.69) is 44.5 Å². The van der Waals surface area contributed by atoms with Gasteiger partial charge in [-0.05, 0) is 33.3 Å². The first kappa shape index (κ1) is 9.43. The van der Waals surface area contributed by atoms with E-state index in [1.165, 1.54) is 24.5 Å². The molecule has 0 unspecified atom stereocenters. The van der Waals surface area contributed by atoms with Crippen molar-refractivity contribution in [2.75, 3.05) is 20.1 Å².